The largest absolute Gasteiger partial charge is 0.395 e. The average Bonchev–Trinajstić information content (AvgIpc) is 2.62. The quantitative estimate of drug-likeness (QED) is 0.651. The molecule has 4 N–H and O–H groups in total. The molecule has 0 radical (unpaired) electrons. The fraction of sp³-hybridized carbons (Fsp3) is 0.400. The maximum absolute atomic E-state index is 13.3. The maximum Gasteiger partial charge on any atom is 0.146 e. The molecule has 2 atom stereocenters. The van der Waals surface area contributed by atoms with E-state index < -0.39 is 0 Å². The first-order valence-corrected chi connectivity index (χ1v) is 4.62. The van der Waals surface area contributed by atoms with Crippen LogP contribution >= 0.6 is 0 Å². The summed E-state index contributed by atoms with van der Waals surface area (Å²) in [5.74, 6) is -0.249. The van der Waals surface area contributed by atoms with E-state index in [0.29, 0.717) is 12.2 Å². The third-order valence-corrected chi connectivity index (χ3v) is 2.67. The Balaban J connectivity index is 2.35. The minimum atomic E-state index is -0.328. The van der Waals surface area contributed by atoms with Crippen LogP contribution in [0.2, 0.25) is 0 Å². The summed E-state index contributed by atoms with van der Waals surface area (Å²) < 4.78 is 13.3. The van der Waals surface area contributed by atoms with Gasteiger partial charge in [0.1, 0.15) is 5.82 Å². The zero-order valence-electron chi connectivity index (χ0n) is 7.70. The molecule has 0 saturated heterocycles. The van der Waals surface area contributed by atoms with Gasteiger partial charge in [0.25, 0.3) is 0 Å². The van der Waals surface area contributed by atoms with Gasteiger partial charge in [0.15, 0.2) is 0 Å². The molecule has 0 aliphatic carbocycles. The lowest BCUT2D eigenvalue weighted by Crippen LogP contribution is -2.33. The molecule has 1 aliphatic rings. The molecule has 1 heterocycles. The molecule has 0 saturated carbocycles. The predicted molar refractivity (Wildman–Crippen MR) is 52.7 cm³/mol. The fourth-order valence-corrected chi connectivity index (χ4v) is 1.87. The number of aliphatic hydroxyl groups is 1. The molecule has 0 spiro atoms. The van der Waals surface area contributed by atoms with Gasteiger partial charge in [0, 0.05) is 18.5 Å². The standard InChI is InChI=1S/C10H13FN2O/c11-8-3-1-2-6-7(9(12)5-14)4-13-10(6)8/h1-3,7,9,13-14H,4-5,12H2. The second kappa shape index (κ2) is 3.55. The first-order valence-electron chi connectivity index (χ1n) is 4.62. The van der Waals surface area contributed by atoms with Gasteiger partial charge in [-0.25, -0.2) is 4.39 Å². The second-order valence-electron chi connectivity index (χ2n) is 3.54. The molecule has 0 aromatic heterocycles. The van der Waals surface area contributed by atoms with E-state index in [0.717, 1.165) is 5.56 Å². The van der Waals surface area contributed by atoms with E-state index in [1.54, 1.807) is 6.07 Å². The summed E-state index contributed by atoms with van der Waals surface area (Å²) in [7, 11) is 0. The summed E-state index contributed by atoms with van der Waals surface area (Å²) in [6.07, 6.45) is 0. The number of anilines is 1. The molecule has 3 nitrogen and oxygen atoms in total. The maximum atomic E-state index is 13.3. The van der Waals surface area contributed by atoms with Crippen LogP contribution in [-0.2, 0) is 0 Å². The molecule has 14 heavy (non-hydrogen) atoms. The van der Waals surface area contributed by atoms with Crippen molar-refractivity contribution in [2.45, 2.75) is 12.0 Å². The summed E-state index contributed by atoms with van der Waals surface area (Å²) in [5.41, 5.74) is 7.13. The van der Waals surface area contributed by atoms with Gasteiger partial charge >= 0.3 is 0 Å². The summed E-state index contributed by atoms with van der Waals surface area (Å²) in [4.78, 5) is 0. The molecule has 76 valence electrons. The van der Waals surface area contributed by atoms with Crippen molar-refractivity contribution < 1.29 is 9.50 Å². The van der Waals surface area contributed by atoms with Gasteiger partial charge in [-0.1, -0.05) is 12.1 Å². The molecule has 2 rings (SSSR count). The highest BCUT2D eigenvalue weighted by atomic mass is 19.1. The third-order valence-electron chi connectivity index (χ3n) is 2.67. The van der Waals surface area contributed by atoms with Crippen molar-refractivity contribution in [1.82, 2.24) is 0 Å². The molecule has 0 amide bonds. The number of rotatable bonds is 2. The Morgan fingerprint density at radius 2 is 2.43 bits per heavy atom. The number of halogens is 1. The van der Waals surface area contributed by atoms with Crippen LogP contribution in [0.3, 0.4) is 0 Å². The van der Waals surface area contributed by atoms with E-state index in [1.165, 1.54) is 6.07 Å². The number of nitrogens with one attached hydrogen (secondary N) is 1. The van der Waals surface area contributed by atoms with Gasteiger partial charge in [-0.15, -0.1) is 0 Å². The Bertz CT molecular complexity index is 343. The Morgan fingerprint density at radius 1 is 1.64 bits per heavy atom. The first-order chi connectivity index (χ1) is 6.74. The van der Waals surface area contributed by atoms with Crippen molar-refractivity contribution in [2.75, 3.05) is 18.5 Å². The van der Waals surface area contributed by atoms with Crippen LogP contribution in [0.1, 0.15) is 11.5 Å². The molecule has 0 fully saturated rings. The Kier molecular flexibility index (Phi) is 2.39. The lowest BCUT2D eigenvalue weighted by Gasteiger charge is -2.16. The molecule has 4 heteroatoms. The number of benzene rings is 1. The van der Waals surface area contributed by atoms with E-state index in [1.807, 2.05) is 6.07 Å². The number of fused-ring (bicyclic) bond motifs is 1. The van der Waals surface area contributed by atoms with Gasteiger partial charge in [0.05, 0.1) is 12.3 Å². The van der Waals surface area contributed by atoms with Crippen LogP contribution in [0.15, 0.2) is 18.2 Å². The van der Waals surface area contributed by atoms with Gasteiger partial charge in [-0.3, -0.25) is 0 Å². The zero-order valence-corrected chi connectivity index (χ0v) is 7.70. The van der Waals surface area contributed by atoms with Crippen molar-refractivity contribution in [3.63, 3.8) is 0 Å². The first kappa shape index (κ1) is 9.43. The van der Waals surface area contributed by atoms with Crippen LogP contribution in [-0.4, -0.2) is 24.3 Å². The average molecular weight is 196 g/mol. The summed E-state index contributed by atoms with van der Waals surface area (Å²) in [6.45, 7) is 0.514. The molecule has 2 unspecified atom stereocenters. The van der Waals surface area contributed by atoms with Crippen molar-refractivity contribution >= 4 is 5.69 Å². The monoisotopic (exact) mass is 196 g/mol. The molecular weight excluding hydrogens is 183 g/mol. The van der Waals surface area contributed by atoms with Crippen LogP contribution in [0.25, 0.3) is 0 Å². The summed E-state index contributed by atoms with van der Waals surface area (Å²) >= 11 is 0. The number of hydrogen-bond donors (Lipinski definition) is 3. The topological polar surface area (TPSA) is 58.3 Å². The summed E-state index contributed by atoms with van der Waals surface area (Å²) in [6, 6.07) is 4.60. The zero-order chi connectivity index (χ0) is 10.1. The van der Waals surface area contributed by atoms with Crippen molar-refractivity contribution in [3.8, 4) is 0 Å². The Morgan fingerprint density at radius 3 is 3.14 bits per heavy atom. The minimum Gasteiger partial charge on any atom is -0.395 e. The van der Waals surface area contributed by atoms with Crippen LogP contribution < -0.4 is 11.1 Å². The Hall–Kier alpha value is -1.13. The number of para-hydroxylation sites is 1. The highest BCUT2D eigenvalue weighted by Gasteiger charge is 2.28. The van der Waals surface area contributed by atoms with Crippen molar-refractivity contribution in [2.24, 2.45) is 5.73 Å². The number of nitrogens with two attached hydrogens (primary N) is 1. The minimum absolute atomic E-state index is 0.00528. The van der Waals surface area contributed by atoms with E-state index in [9.17, 15) is 4.39 Å². The van der Waals surface area contributed by atoms with E-state index in [2.05, 4.69) is 5.32 Å². The lowest BCUT2D eigenvalue weighted by atomic mass is 9.94. The predicted octanol–water partition coefficient (Wildman–Crippen LogP) is 0.654. The smallest absolute Gasteiger partial charge is 0.146 e. The lowest BCUT2D eigenvalue weighted by molar-refractivity contribution is 0.252. The van der Waals surface area contributed by atoms with E-state index in [4.69, 9.17) is 10.8 Å². The molecular formula is C10H13FN2O. The number of aliphatic hydroxyl groups excluding tert-OH is 1. The second-order valence-corrected chi connectivity index (χ2v) is 3.54. The molecule has 1 aromatic carbocycles. The third kappa shape index (κ3) is 1.36. The Labute approximate surface area is 81.7 Å². The van der Waals surface area contributed by atoms with E-state index >= 15 is 0 Å². The molecule has 1 aliphatic heterocycles. The van der Waals surface area contributed by atoms with E-state index in [-0.39, 0.29) is 24.4 Å². The summed E-state index contributed by atoms with van der Waals surface area (Å²) in [5, 5.41) is 11.9. The van der Waals surface area contributed by atoms with Crippen LogP contribution in [0.4, 0.5) is 10.1 Å². The molecule has 0 bridgehead atoms. The number of hydrogen-bond acceptors (Lipinski definition) is 3. The van der Waals surface area contributed by atoms with Crippen molar-refractivity contribution in [1.29, 1.82) is 0 Å². The highest BCUT2D eigenvalue weighted by molar-refractivity contribution is 5.59. The fourth-order valence-electron chi connectivity index (χ4n) is 1.87. The van der Waals surface area contributed by atoms with Crippen LogP contribution in [0.5, 0.6) is 0 Å². The SMILES string of the molecule is NC(CO)C1CNc2c(F)cccc21. The van der Waals surface area contributed by atoms with Crippen molar-refractivity contribution in [3.05, 3.63) is 29.6 Å². The van der Waals surface area contributed by atoms with Gasteiger partial charge < -0.3 is 16.2 Å². The van der Waals surface area contributed by atoms with Gasteiger partial charge in [-0.05, 0) is 11.6 Å². The van der Waals surface area contributed by atoms with Crippen LogP contribution in [0, 0.1) is 5.82 Å². The van der Waals surface area contributed by atoms with Gasteiger partial charge in [-0.2, -0.15) is 0 Å². The van der Waals surface area contributed by atoms with Gasteiger partial charge in [0.2, 0.25) is 0 Å². The molecule has 1 aromatic rings. The normalized spacial score (nSPS) is 21.5. The highest BCUT2D eigenvalue weighted by Crippen LogP contribution is 2.34.